The van der Waals surface area contributed by atoms with Gasteiger partial charge >= 0.3 is 0 Å². The lowest BCUT2D eigenvalue weighted by Crippen LogP contribution is -2.42. The molecule has 0 amide bonds. The molecule has 94 valence electrons. The lowest BCUT2D eigenvalue weighted by Gasteiger charge is -2.32. The van der Waals surface area contributed by atoms with Crippen LogP contribution in [0.25, 0.3) is 0 Å². The molecule has 1 heterocycles. The second-order valence-electron chi connectivity index (χ2n) is 6.99. The maximum absolute atomic E-state index is 3.62. The van der Waals surface area contributed by atoms with E-state index < -0.39 is 0 Å². The predicted molar refractivity (Wildman–Crippen MR) is 69.6 cm³/mol. The third kappa shape index (κ3) is 4.42. The van der Waals surface area contributed by atoms with Gasteiger partial charge in [-0.25, -0.2) is 0 Å². The van der Waals surface area contributed by atoms with Crippen molar-refractivity contribution in [1.29, 1.82) is 0 Å². The zero-order chi connectivity index (χ0) is 11.6. The molecule has 1 saturated heterocycles. The number of nitrogens with one attached hydrogen (secondary N) is 1. The third-order valence-corrected chi connectivity index (χ3v) is 3.55. The fraction of sp³-hybridized carbons (Fsp3) is 1.00. The molecule has 0 bridgehead atoms. The van der Waals surface area contributed by atoms with Crippen LogP contribution in [-0.4, -0.2) is 37.1 Å². The lowest BCUT2D eigenvalue weighted by atomic mass is 9.95. The summed E-state index contributed by atoms with van der Waals surface area (Å²) in [6.45, 7) is 12.2. The van der Waals surface area contributed by atoms with Crippen LogP contribution in [0.15, 0.2) is 0 Å². The summed E-state index contributed by atoms with van der Waals surface area (Å²) in [6, 6.07) is 0.765. The number of hydrogen-bond acceptors (Lipinski definition) is 2. The number of rotatable bonds is 5. The maximum Gasteiger partial charge on any atom is 0.0195 e. The van der Waals surface area contributed by atoms with Crippen LogP contribution in [-0.2, 0) is 0 Å². The molecule has 0 aromatic rings. The van der Waals surface area contributed by atoms with Gasteiger partial charge in [-0.1, -0.05) is 20.8 Å². The lowest BCUT2D eigenvalue weighted by molar-refractivity contribution is 0.171. The standard InChI is InChI=1S/C14H28N2/c1-14(2,3)11-16(9-12-6-7-12)10-13-5-4-8-15-13/h12-13,15H,4-11H2,1-3H3. The Hall–Kier alpha value is -0.0800. The average Bonchev–Trinajstić information content (AvgIpc) is 2.78. The third-order valence-electron chi connectivity index (χ3n) is 3.55. The van der Waals surface area contributed by atoms with E-state index >= 15 is 0 Å². The second-order valence-corrected chi connectivity index (χ2v) is 6.99. The van der Waals surface area contributed by atoms with Gasteiger partial charge < -0.3 is 10.2 Å². The molecule has 2 aliphatic rings. The first-order valence-electron chi connectivity index (χ1n) is 6.99. The summed E-state index contributed by atoms with van der Waals surface area (Å²) in [7, 11) is 0. The monoisotopic (exact) mass is 224 g/mol. The molecular formula is C14H28N2. The van der Waals surface area contributed by atoms with Crippen LogP contribution < -0.4 is 5.32 Å². The predicted octanol–water partition coefficient (Wildman–Crippen LogP) is 2.50. The normalized spacial score (nSPS) is 26.6. The Morgan fingerprint density at radius 2 is 1.88 bits per heavy atom. The fourth-order valence-electron chi connectivity index (χ4n) is 2.76. The van der Waals surface area contributed by atoms with Crippen LogP contribution in [0.2, 0.25) is 0 Å². The van der Waals surface area contributed by atoms with Crippen LogP contribution in [0.5, 0.6) is 0 Å². The summed E-state index contributed by atoms with van der Waals surface area (Å²) >= 11 is 0. The quantitative estimate of drug-likeness (QED) is 0.772. The molecule has 0 radical (unpaired) electrons. The van der Waals surface area contributed by atoms with Gasteiger partial charge in [0.2, 0.25) is 0 Å². The fourth-order valence-corrected chi connectivity index (χ4v) is 2.76. The summed E-state index contributed by atoms with van der Waals surface area (Å²) in [4.78, 5) is 2.71. The summed E-state index contributed by atoms with van der Waals surface area (Å²) in [5, 5.41) is 3.62. The summed E-state index contributed by atoms with van der Waals surface area (Å²) in [6.07, 6.45) is 5.69. The molecule has 1 aliphatic heterocycles. The number of hydrogen-bond donors (Lipinski definition) is 1. The summed E-state index contributed by atoms with van der Waals surface area (Å²) in [5.74, 6) is 1.02. The first-order chi connectivity index (χ1) is 7.53. The molecule has 0 aromatic carbocycles. The molecule has 1 saturated carbocycles. The maximum atomic E-state index is 3.62. The molecule has 1 N–H and O–H groups in total. The van der Waals surface area contributed by atoms with Crippen LogP contribution in [0, 0.1) is 11.3 Å². The molecule has 2 nitrogen and oxygen atoms in total. The van der Waals surface area contributed by atoms with Crippen molar-refractivity contribution in [3.8, 4) is 0 Å². The minimum absolute atomic E-state index is 0.438. The van der Waals surface area contributed by atoms with Gasteiger partial charge in [0.15, 0.2) is 0 Å². The van der Waals surface area contributed by atoms with Crippen molar-refractivity contribution in [1.82, 2.24) is 10.2 Å². The van der Waals surface area contributed by atoms with Gasteiger partial charge in [-0.15, -0.1) is 0 Å². The first kappa shape index (κ1) is 12.4. The van der Waals surface area contributed by atoms with E-state index in [1.807, 2.05) is 0 Å². The van der Waals surface area contributed by atoms with E-state index in [0.29, 0.717) is 5.41 Å². The van der Waals surface area contributed by atoms with E-state index in [4.69, 9.17) is 0 Å². The van der Waals surface area contributed by atoms with Crippen LogP contribution in [0.3, 0.4) is 0 Å². The van der Waals surface area contributed by atoms with Gasteiger partial charge in [0.25, 0.3) is 0 Å². The Labute approximate surface area is 101 Å². The zero-order valence-electron chi connectivity index (χ0n) is 11.3. The molecule has 1 aliphatic carbocycles. The summed E-state index contributed by atoms with van der Waals surface area (Å²) in [5.41, 5.74) is 0.438. The first-order valence-corrected chi connectivity index (χ1v) is 6.99. The zero-order valence-corrected chi connectivity index (χ0v) is 11.3. The van der Waals surface area contributed by atoms with Gasteiger partial charge in [0, 0.05) is 25.7 Å². The Kier molecular flexibility index (Phi) is 3.91. The molecule has 2 rings (SSSR count). The van der Waals surface area contributed by atoms with Gasteiger partial charge in [0.05, 0.1) is 0 Å². The highest BCUT2D eigenvalue weighted by atomic mass is 15.2. The van der Waals surface area contributed by atoms with Gasteiger partial charge in [-0.05, 0) is 43.6 Å². The average molecular weight is 224 g/mol. The van der Waals surface area contributed by atoms with Crippen molar-refractivity contribution in [3.63, 3.8) is 0 Å². The van der Waals surface area contributed by atoms with Crippen molar-refractivity contribution in [2.45, 2.75) is 52.5 Å². The molecule has 1 atom stereocenters. The molecule has 1 unspecified atom stereocenters. The van der Waals surface area contributed by atoms with Crippen molar-refractivity contribution in [3.05, 3.63) is 0 Å². The van der Waals surface area contributed by atoms with E-state index in [1.54, 1.807) is 0 Å². The smallest absolute Gasteiger partial charge is 0.0195 e. The highest BCUT2D eigenvalue weighted by Gasteiger charge is 2.28. The molecule has 0 spiro atoms. The number of nitrogens with zero attached hydrogens (tertiary/aromatic N) is 1. The SMILES string of the molecule is CC(C)(C)CN(CC1CC1)CC1CCCN1. The molecule has 2 fully saturated rings. The molecular weight excluding hydrogens is 196 g/mol. The Morgan fingerprint density at radius 1 is 1.12 bits per heavy atom. The minimum atomic E-state index is 0.438. The second kappa shape index (κ2) is 5.05. The van der Waals surface area contributed by atoms with Gasteiger partial charge in [-0.3, -0.25) is 0 Å². The Bertz CT molecular complexity index is 209. The van der Waals surface area contributed by atoms with E-state index in [9.17, 15) is 0 Å². The van der Waals surface area contributed by atoms with Crippen molar-refractivity contribution >= 4 is 0 Å². The van der Waals surface area contributed by atoms with Crippen molar-refractivity contribution in [2.24, 2.45) is 11.3 Å². The Balaban J connectivity index is 1.80. The molecule has 16 heavy (non-hydrogen) atoms. The Morgan fingerprint density at radius 3 is 2.38 bits per heavy atom. The van der Waals surface area contributed by atoms with E-state index in [0.717, 1.165) is 12.0 Å². The van der Waals surface area contributed by atoms with Crippen LogP contribution >= 0.6 is 0 Å². The van der Waals surface area contributed by atoms with Crippen molar-refractivity contribution in [2.75, 3.05) is 26.2 Å². The largest absolute Gasteiger partial charge is 0.313 e. The van der Waals surface area contributed by atoms with Crippen LogP contribution in [0.4, 0.5) is 0 Å². The van der Waals surface area contributed by atoms with E-state index in [2.05, 4.69) is 31.0 Å². The van der Waals surface area contributed by atoms with E-state index in [-0.39, 0.29) is 0 Å². The van der Waals surface area contributed by atoms with Gasteiger partial charge in [0.1, 0.15) is 0 Å². The highest BCUT2D eigenvalue weighted by Crippen LogP contribution is 2.31. The topological polar surface area (TPSA) is 15.3 Å². The van der Waals surface area contributed by atoms with Crippen molar-refractivity contribution < 1.29 is 0 Å². The molecule has 2 heteroatoms. The summed E-state index contributed by atoms with van der Waals surface area (Å²) < 4.78 is 0. The van der Waals surface area contributed by atoms with Gasteiger partial charge in [-0.2, -0.15) is 0 Å². The van der Waals surface area contributed by atoms with Crippen LogP contribution in [0.1, 0.15) is 46.5 Å². The molecule has 0 aromatic heterocycles. The van der Waals surface area contributed by atoms with E-state index in [1.165, 1.54) is 51.9 Å². The highest BCUT2D eigenvalue weighted by molar-refractivity contribution is 4.84. The minimum Gasteiger partial charge on any atom is -0.313 e.